The predicted octanol–water partition coefficient (Wildman–Crippen LogP) is -2.31. The van der Waals surface area contributed by atoms with E-state index in [1.165, 1.54) is 6.92 Å². The fraction of sp³-hybridized carbons (Fsp3) is 0.471. The van der Waals surface area contributed by atoms with Crippen molar-refractivity contribution in [3.63, 3.8) is 0 Å². The molecule has 0 radical (unpaired) electrons. The number of carboxylic acid groups (broad SMARTS) is 1. The number of hydrogen-bond acceptors (Lipinski definition) is 4. The van der Waals surface area contributed by atoms with Gasteiger partial charge in [-0.25, -0.2) is 0 Å². The van der Waals surface area contributed by atoms with Gasteiger partial charge < -0.3 is 25.9 Å². The number of carbonyl (C=O) groups is 3. The molecule has 130 valence electrons. The first-order chi connectivity index (χ1) is 11.5. The minimum absolute atomic E-state index is 0.186. The summed E-state index contributed by atoms with van der Waals surface area (Å²) >= 11 is 0. The van der Waals surface area contributed by atoms with Crippen molar-refractivity contribution in [2.75, 3.05) is 6.54 Å². The number of rotatable bonds is 7. The first-order valence-corrected chi connectivity index (χ1v) is 8.16. The van der Waals surface area contributed by atoms with Crippen LogP contribution in [0.3, 0.4) is 0 Å². The number of carbonyl (C=O) groups excluding carboxylic acids is 3. The summed E-state index contributed by atoms with van der Waals surface area (Å²) < 4.78 is 0. The molecule has 0 unspecified atom stereocenters. The molecule has 24 heavy (non-hydrogen) atoms. The van der Waals surface area contributed by atoms with Crippen molar-refractivity contribution in [2.24, 2.45) is 0 Å². The first-order valence-electron chi connectivity index (χ1n) is 8.16. The normalized spacial score (nSPS) is 19.3. The fourth-order valence-corrected chi connectivity index (χ4v) is 2.72. The van der Waals surface area contributed by atoms with Crippen molar-refractivity contribution in [1.29, 1.82) is 0 Å². The number of nitrogens with one attached hydrogen (secondary N) is 2. The molecule has 4 N–H and O–H groups in total. The highest BCUT2D eigenvalue weighted by Gasteiger charge is 2.30. The zero-order chi connectivity index (χ0) is 17.5. The Morgan fingerprint density at radius 2 is 1.96 bits per heavy atom. The summed E-state index contributed by atoms with van der Waals surface area (Å²) in [5.74, 6) is -2.08. The Bertz CT molecular complexity index is 585. The van der Waals surface area contributed by atoms with E-state index in [9.17, 15) is 19.5 Å². The van der Waals surface area contributed by atoms with Crippen LogP contribution in [0.1, 0.15) is 25.3 Å². The van der Waals surface area contributed by atoms with Gasteiger partial charge in [0.1, 0.15) is 6.04 Å². The van der Waals surface area contributed by atoms with Gasteiger partial charge in [-0.3, -0.25) is 9.59 Å². The van der Waals surface area contributed by atoms with E-state index in [-0.39, 0.29) is 11.9 Å². The molecule has 0 bridgehead atoms. The standard InChI is InChI=1S/C17H23N3O4/c1-11(17(23)24)19-16(22)14(10-12-6-3-2-4-7-12)20-15(21)13-8-5-9-18-13/h2-4,6-7,11,13-14,18H,5,8-10H2,1H3,(H,19,22)(H,20,21)(H,23,24)/t11-,13-,14-/m0/s1. The maximum Gasteiger partial charge on any atom is 0.278 e. The Labute approximate surface area is 140 Å². The van der Waals surface area contributed by atoms with Crippen molar-refractivity contribution in [3.05, 3.63) is 35.9 Å². The topological polar surface area (TPSA) is 115 Å². The SMILES string of the molecule is C[C@H](NC(=O)[C@H](Cc1ccccc1)NC(=O)[C@@H]1CCC[NH2+]1)C(=O)[O-]. The number of quaternary nitrogens is 1. The molecule has 1 fully saturated rings. The summed E-state index contributed by atoms with van der Waals surface area (Å²) in [6.45, 7) is 2.23. The lowest BCUT2D eigenvalue weighted by Crippen LogP contribution is -2.89. The smallest absolute Gasteiger partial charge is 0.278 e. The minimum Gasteiger partial charge on any atom is -0.548 e. The highest BCUT2D eigenvalue weighted by Crippen LogP contribution is 2.05. The van der Waals surface area contributed by atoms with Crippen molar-refractivity contribution < 1.29 is 24.8 Å². The molecule has 1 heterocycles. The second-order valence-electron chi connectivity index (χ2n) is 6.07. The van der Waals surface area contributed by atoms with Crippen molar-refractivity contribution in [2.45, 2.75) is 44.3 Å². The minimum atomic E-state index is -1.36. The van der Waals surface area contributed by atoms with Gasteiger partial charge in [-0.15, -0.1) is 0 Å². The number of amides is 2. The van der Waals surface area contributed by atoms with E-state index in [2.05, 4.69) is 10.6 Å². The molecule has 1 aromatic carbocycles. The molecule has 2 amide bonds. The summed E-state index contributed by atoms with van der Waals surface area (Å²) in [6.07, 6.45) is 2.04. The molecule has 0 aromatic heterocycles. The number of benzene rings is 1. The number of aliphatic carboxylic acids is 1. The van der Waals surface area contributed by atoms with Crippen LogP contribution in [-0.2, 0) is 20.8 Å². The van der Waals surface area contributed by atoms with Gasteiger partial charge in [-0.05, 0) is 12.5 Å². The van der Waals surface area contributed by atoms with Crippen LogP contribution in [0.25, 0.3) is 0 Å². The largest absolute Gasteiger partial charge is 0.548 e. The predicted molar refractivity (Wildman–Crippen MR) is 84.5 cm³/mol. The average molecular weight is 333 g/mol. The first kappa shape index (κ1) is 17.9. The molecule has 7 nitrogen and oxygen atoms in total. The van der Waals surface area contributed by atoms with E-state index in [1.807, 2.05) is 35.6 Å². The zero-order valence-electron chi connectivity index (χ0n) is 13.7. The highest BCUT2D eigenvalue weighted by atomic mass is 16.4. The Balaban J connectivity index is 2.06. The summed E-state index contributed by atoms with van der Waals surface area (Å²) in [5.41, 5.74) is 0.884. The zero-order valence-corrected chi connectivity index (χ0v) is 13.7. The van der Waals surface area contributed by atoms with E-state index in [0.29, 0.717) is 6.42 Å². The Hall–Kier alpha value is -2.41. The van der Waals surface area contributed by atoms with Gasteiger partial charge >= 0.3 is 0 Å². The second kappa shape index (κ2) is 8.44. The third kappa shape index (κ3) is 5.06. The van der Waals surface area contributed by atoms with Crippen molar-refractivity contribution in [3.8, 4) is 0 Å². The number of hydrogen-bond donors (Lipinski definition) is 3. The third-order valence-electron chi connectivity index (χ3n) is 4.14. The van der Waals surface area contributed by atoms with Crippen LogP contribution in [-0.4, -0.2) is 42.5 Å². The third-order valence-corrected chi connectivity index (χ3v) is 4.14. The van der Waals surface area contributed by atoms with Gasteiger partial charge in [0.25, 0.3) is 5.91 Å². The van der Waals surface area contributed by atoms with Crippen molar-refractivity contribution in [1.82, 2.24) is 10.6 Å². The van der Waals surface area contributed by atoms with E-state index in [4.69, 9.17) is 0 Å². The lowest BCUT2D eigenvalue weighted by molar-refractivity contribution is -0.657. The number of carboxylic acids is 1. The van der Waals surface area contributed by atoms with Crippen molar-refractivity contribution >= 4 is 17.8 Å². The molecular weight excluding hydrogens is 310 g/mol. The molecule has 1 aliphatic heterocycles. The van der Waals surface area contributed by atoms with Crippen LogP contribution >= 0.6 is 0 Å². The maximum absolute atomic E-state index is 12.4. The molecule has 2 rings (SSSR count). The summed E-state index contributed by atoms with van der Waals surface area (Å²) in [7, 11) is 0. The molecule has 0 saturated carbocycles. The van der Waals surface area contributed by atoms with Gasteiger partial charge in [0.05, 0.1) is 18.6 Å². The second-order valence-corrected chi connectivity index (χ2v) is 6.07. The average Bonchev–Trinajstić information content (AvgIpc) is 3.09. The lowest BCUT2D eigenvalue weighted by Gasteiger charge is -2.22. The Morgan fingerprint density at radius 3 is 2.54 bits per heavy atom. The van der Waals surface area contributed by atoms with E-state index in [1.54, 1.807) is 0 Å². The Kier molecular flexibility index (Phi) is 6.31. The van der Waals surface area contributed by atoms with Gasteiger partial charge in [0.15, 0.2) is 6.04 Å². The lowest BCUT2D eigenvalue weighted by atomic mass is 10.0. The van der Waals surface area contributed by atoms with Crippen LogP contribution in [0, 0.1) is 0 Å². The summed E-state index contributed by atoms with van der Waals surface area (Å²) in [5, 5.41) is 17.9. The Morgan fingerprint density at radius 1 is 1.25 bits per heavy atom. The molecule has 0 aliphatic carbocycles. The number of nitrogens with two attached hydrogens (primary N) is 1. The quantitative estimate of drug-likeness (QED) is 0.520. The van der Waals surface area contributed by atoms with Crippen LogP contribution < -0.4 is 21.1 Å². The van der Waals surface area contributed by atoms with Crippen LogP contribution in [0.4, 0.5) is 0 Å². The van der Waals surface area contributed by atoms with Gasteiger partial charge in [0, 0.05) is 19.3 Å². The molecule has 1 aliphatic rings. The van der Waals surface area contributed by atoms with Gasteiger partial charge in [-0.2, -0.15) is 0 Å². The molecule has 0 spiro atoms. The maximum atomic E-state index is 12.4. The monoisotopic (exact) mass is 333 g/mol. The molecule has 1 saturated heterocycles. The van der Waals surface area contributed by atoms with Crippen LogP contribution in [0.5, 0.6) is 0 Å². The highest BCUT2D eigenvalue weighted by molar-refractivity contribution is 5.91. The summed E-state index contributed by atoms with van der Waals surface area (Å²) in [6, 6.07) is 7.15. The van der Waals surface area contributed by atoms with Crippen LogP contribution in [0.2, 0.25) is 0 Å². The van der Waals surface area contributed by atoms with Gasteiger partial charge in [0.2, 0.25) is 5.91 Å². The van der Waals surface area contributed by atoms with Gasteiger partial charge in [-0.1, -0.05) is 30.3 Å². The fourth-order valence-electron chi connectivity index (χ4n) is 2.72. The van der Waals surface area contributed by atoms with Crippen LogP contribution in [0.15, 0.2) is 30.3 Å². The molecule has 3 atom stereocenters. The van der Waals surface area contributed by atoms with E-state index in [0.717, 1.165) is 24.9 Å². The van der Waals surface area contributed by atoms with E-state index >= 15 is 0 Å². The van der Waals surface area contributed by atoms with E-state index < -0.39 is 24.0 Å². The molecular formula is C17H23N3O4. The molecule has 7 heteroatoms. The summed E-state index contributed by atoms with van der Waals surface area (Å²) in [4.78, 5) is 35.5. The molecule has 1 aromatic rings.